The van der Waals surface area contributed by atoms with Gasteiger partial charge in [0.2, 0.25) is 0 Å². The van der Waals surface area contributed by atoms with Gasteiger partial charge in [-0.25, -0.2) is 4.98 Å². The van der Waals surface area contributed by atoms with Gasteiger partial charge in [0.15, 0.2) is 0 Å². The van der Waals surface area contributed by atoms with E-state index >= 15 is 0 Å². The second kappa shape index (κ2) is 6.44. The normalized spacial score (nSPS) is 19.4. The van der Waals surface area contributed by atoms with Crippen LogP contribution in [0.25, 0.3) is 16.7 Å². The van der Waals surface area contributed by atoms with Crippen LogP contribution in [0.1, 0.15) is 42.3 Å². The van der Waals surface area contributed by atoms with Crippen LogP contribution in [-0.4, -0.2) is 31.5 Å². The summed E-state index contributed by atoms with van der Waals surface area (Å²) < 4.78 is 0. The van der Waals surface area contributed by atoms with Gasteiger partial charge in [0.1, 0.15) is 11.5 Å². The Morgan fingerprint density at radius 1 is 1.07 bits per heavy atom. The van der Waals surface area contributed by atoms with Gasteiger partial charge in [0.25, 0.3) is 0 Å². The van der Waals surface area contributed by atoms with E-state index in [1.165, 1.54) is 16.7 Å². The molecule has 1 aliphatic heterocycles. The van der Waals surface area contributed by atoms with Crippen LogP contribution in [-0.2, 0) is 5.54 Å². The lowest BCUT2D eigenvalue weighted by molar-refractivity contribution is 0.466. The average Bonchev–Trinajstić information content (AvgIpc) is 3.41. The Morgan fingerprint density at radius 3 is 2.66 bits per heavy atom. The van der Waals surface area contributed by atoms with Crippen LogP contribution in [0.15, 0.2) is 36.7 Å². The summed E-state index contributed by atoms with van der Waals surface area (Å²) >= 11 is 0. The number of fused-ring (bicyclic) bond motifs is 1. The zero-order valence-electron chi connectivity index (χ0n) is 17.3. The van der Waals surface area contributed by atoms with Gasteiger partial charge in [-0.1, -0.05) is 6.07 Å². The third kappa shape index (κ3) is 2.82. The molecule has 147 valence electrons. The second-order valence-electron chi connectivity index (χ2n) is 8.32. The number of aryl methyl sites for hydroxylation is 3. The number of nitrogens with one attached hydrogen (secondary N) is 1. The molecule has 1 aliphatic rings. The van der Waals surface area contributed by atoms with Crippen molar-refractivity contribution < 1.29 is 0 Å². The number of aromatic nitrogens is 5. The highest BCUT2D eigenvalue weighted by molar-refractivity contribution is 5.80. The van der Waals surface area contributed by atoms with E-state index in [4.69, 9.17) is 4.98 Å². The fourth-order valence-corrected chi connectivity index (χ4v) is 4.60. The lowest BCUT2D eigenvalue weighted by Crippen LogP contribution is -2.40. The summed E-state index contributed by atoms with van der Waals surface area (Å²) in [5.74, 6) is 1.01. The molecule has 6 heteroatoms. The minimum absolute atomic E-state index is 0.233. The highest BCUT2D eigenvalue weighted by Gasteiger charge is 2.42. The largest absolute Gasteiger partial charge is 0.357 e. The first-order chi connectivity index (χ1) is 14.0. The molecule has 0 amide bonds. The molecule has 1 N–H and O–H groups in total. The first kappa shape index (κ1) is 17.9. The number of nitrogens with zero attached hydrogens (tertiary/aromatic N) is 5. The maximum atomic E-state index is 5.05. The lowest BCUT2D eigenvalue weighted by Gasteiger charge is -2.36. The Kier molecular flexibility index (Phi) is 3.98. The second-order valence-corrected chi connectivity index (χ2v) is 8.32. The summed E-state index contributed by atoms with van der Waals surface area (Å²) in [6.45, 7) is 9.59. The number of anilines is 1. The van der Waals surface area contributed by atoms with Crippen LogP contribution in [0.3, 0.4) is 0 Å². The molecule has 0 saturated carbocycles. The van der Waals surface area contributed by atoms with Crippen molar-refractivity contribution in [1.82, 2.24) is 25.0 Å². The van der Waals surface area contributed by atoms with Gasteiger partial charge in [0.05, 0.1) is 34.7 Å². The van der Waals surface area contributed by atoms with Crippen LogP contribution in [0, 0.1) is 26.8 Å². The summed E-state index contributed by atoms with van der Waals surface area (Å²) in [4.78, 5) is 12.8. The Bertz CT molecular complexity index is 1190. The van der Waals surface area contributed by atoms with Crippen LogP contribution >= 0.6 is 0 Å². The summed E-state index contributed by atoms with van der Waals surface area (Å²) in [7, 11) is 0. The molecule has 29 heavy (non-hydrogen) atoms. The van der Waals surface area contributed by atoms with Crippen LogP contribution in [0.2, 0.25) is 0 Å². The van der Waals surface area contributed by atoms with Gasteiger partial charge in [-0.3, -0.25) is 0 Å². The number of aromatic amines is 1. The van der Waals surface area contributed by atoms with E-state index in [9.17, 15) is 0 Å². The molecular weight excluding hydrogens is 360 g/mol. The highest BCUT2D eigenvalue weighted by atomic mass is 15.5. The molecule has 2 aromatic carbocycles. The highest BCUT2D eigenvalue weighted by Crippen LogP contribution is 2.43. The topological polar surface area (TPSA) is 62.6 Å². The van der Waals surface area contributed by atoms with Gasteiger partial charge in [0, 0.05) is 12.6 Å². The minimum Gasteiger partial charge on any atom is -0.357 e. The molecule has 3 heterocycles. The van der Waals surface area contributed by atoms with E-state index in [1.54, 1.807) is 17.2 Å². The number of rotatable bonds is 3. The smallest absolute Gasteiger partial charge is 0.132 e. The van der Waals surface area contributed by atoms with E-state index in [2.05, 4.69) is 72.0 Å². The summed E-state index contributed by atoms with van der Waals surface area (Å²) in [5, 5.41) is 8.70. The van der Waals surface area contributed by atoms with Crippen LogP contribution < -0.4 is 4.90 Å². The first-order valence-corrected chi connectivity index (χ1v) is 10.1. The van der Waals surface area contributed by atoms with Crippen molar-refractivity contribution in [3.05, 3.63) is 65.2 Å². The predicted octanol–water partition coefficient (Wildman–Crippen LogP) is 4.38. The van der Waals surface area contributed by atoms with Gasteiger partial charge in [-0.2, -0.15) is 10.2 Å². The van der Waals surface area contributed by atoms with E-state index < -0.39 is 0 Å². The molecule has 5 rings (SSSR count). The molecule has 1 radical (unpaired) electrons. The Hall–Kier alpha value is -3.15. The standard InChI is InChI=1S/C23H25N6/c1-15-6-7-19(29-24-9-10-25-29)20(14-15)28-11-5-8-23(28,4)22-26-18-13-16(2)12-17(3)21(18)27-22/h6,9-10,12-14H,5,8,11H2,1-4H3,(H,26,27)/t23-/m0/s1. The SMILES string of the molecule is Cc1c[c]c(-n2nccn2)c(N2CCC[C@@]2(C)c2nc3c(C)cc(C)cc3[nH]2)c1. The summed E-state index contributed by atoms with van der Waals surface area (Å²) in [5.41, 5.74) is 7.52. The fraction of sp³-hybridized carbons (Fsp3) is 0.348. The molecule has 0 unspecified atom stereocenters. The van der Waals surface area contributed by atoms with Gasteiger partial charge in [-0.15, -0.1) is 4.80 Å². The summed E-state index contributed by atoms with van der Waals surface area (Å²) in [6.07, 6.45) is 5.53. The van der Waals surface area contributed by atoms with Crippen molar-refractivity contribution in [3.63, 3.8) is 0 Å². The summed E-state index contributed by atoms with van der Waals surface area (Å²) in [6, 6.07) is 12.0. The van der Waals surface area contributed by atoms with Crippen molar-refractivity contribution in [1.29, 1.82) is 0 Å². The molecular formula is C23H25N6. The van der Waals surface area contributed by atoms with Crippen molar-refractivity contribution in [2.45, 2.75) is 46.1 Å². The third-order valence-electron chi connectivity index (χ3n) is 6.03. The maximum absolute atomic E-state index is 5.05. The number of hydrogen-bond acceptors (Lipinski definition) is 4. The van der Waals surface area contributed by atoms with Crippen LogP contribution in [0.5, 0.6) is 0 Å². The van der Waals surface area contributed by atoms with Gasteiger partial charge in [-0.05, 0) is 75.4 Å². The fourth-order valence-electron chi connectivity index (χ4n) is 4.60. The minimum atomic E-state index is -0.233. The molecule has 0 aliphatic carbocycles. The van der Waals surface area contributed by atoms with Crippen LogP contribution in [0.4, 0.5) is 5.69 Å². The number of H-pyrrole nitrogens is 1. The molecule has 2 aromatic heterocycles. The first-order valence-electron chi connectivity index (χ1n) is 10.1. The maximum Gasteiger partial charge on any atom is 0.132 e. The Labute approximate surface area is 170 Å². The molecule has 0 bridgehead atoms. The lowest BCUT2D eigenvalue weighted by atomic mass is 9.97. The number of benzene rings is 2. The van der Waals surface area contributed by atoms with E-state index in [-0.39, 0.29) is 5.54 Å². The number of imidazole rings is 1. The average molecular weight is 385 g/mol. The van der Waals surface area contributed by atoms with E-state index in [0.29, 0.717) is 0 Å². The predicted molar refractivity (Wildman–Crippen MR) is 114 cm³/mol. The molecule has 0 spiro atoms. The molecule has 6 nitrogen and oxygen atoms in total. The monoisotopic (exact) mass is 385 g/mol. The van der Waals surface area contributed by atoms with Crippen molar-refractivity contribution in [2.75, 3.05) is 11.4 Å². The van der Waals surface area contributed by atoms with E-state index in [1.807, 2.05) is 6.07 Å². The number of hydrogen-bond donors (Lipinski definition) is 1. The quantitative estimate of drug-likeness (QED) is 0.568. The Morgan fingerprint density at radius 2 is 1.86 bits per heavy atom. The van der Waals surface area contributed by atoms with Crippen molar-refractivity contribution in [3.8, 4) is 5.69 Å². The molecule has 1 atom stereocenters. The van der Waals surface area contributed by atoms with E-state index in [0.717, 1.165) is 47.6 Å². The molecule has 4 aromatic rings. The third-order valence-corrected chi connectivity index (χ3v) is 6.03. The zero-order valence-corrected chi connectivity index (χ0v) is 17.3. The Balaban J connectivity index is 1.66. The van der Waals surface area contributed by atoms with Gasteiger partial charge < -0.3 is 9.88 Å². The zero-order chi connectivity index (χ0) is 20.2. The molecule has 1 saturated heterocycles. The van der Waals surface area contributed by atoms with Crippen molar-refractivity contribution in [2.24, 2.45) is 0 Å². The van der Waals surface area contributed by atoms with Gasteiger partial charge >= 0.3 is 0 Å². The molecule has 1 fully saturated rings. The van der Waals surface area contributed by atoms with Crippen molar-refractivity contribution >= 4 is 16.7 Å².